The van der Waals surface area contributed by atoms with E-state index in [0.29, 0.717) is 22.6 Å². The first-order chi connectivity index (χ1) is 15.3. The van der Waals surface area contributed by atoms with E-state index in [1.165, 1.54) is 19.4 Å². The number of aliphatic hydroxyl groups excluding tert-OH is 1. The highest BCUT2D eigenvalue weighted by Crippen LogP contribution is 2.42. The molecular weight excluding hydrogens is 416 g/mol. The molecule has 32 heavy (non-hydrogen) atoms. The Balaban J connectivity index is 1.96. The number of methoxy groups -OCH3 is 1. The SMILES string of the molecule is COC(=O)c1c(C)[nH]c(/C(O)=C2\C(=O)C(=O)N(c3cc(C)on3)C2c2cccnc2)c1C. The van der Waals surface area contributed by atoms with Crippen molar-refractivity contribution in [1.29, 1.82) is 0 Å². The molecule has 10 heteroatoms. The second-order valence-corrected chi connectivity index (χ2v) is 7.37. The lowest BCUT2D eigenvalue weighted by atomic mass is 9.96. The molecule has 4 rings (SSSR count). The van der Waals surface area contributed by atoms with E-state index in [1.807, 2.05) is 0 Å². The molecule has 3 aromatic heterocycles. The van der Waals surface area contributed by atoms with E-state index in [2.05, 4.69) is 15.1 Å². The maximum absolute atomic E-state index is 13.1. The van der Waals surface area contributed by atoms with Crippen LogP contribution in [0.25, 0.3) is 5.76 Å². The van der Waals surface area contributed by atoms with Gasteiger partial charge in [0.2, 0.25) is 0 Å². The van der Waals surface area contributed by atoms with E-state index in [-0.39, 0.29) is 22.6 Å². The average molecular weight is 436 g/mol. The Hall–Kier alpha value is -4.21. The minimum absolute atomic E-state index is 0.132. The summed E-state index contributed by atoms with van der Waals surface area (Å²) >= 11 is 0. The number of aromatic amines is 1. The lowest BCUT2D eigenvalue weighted by Gasteiger charge is -2.22. The molecule has 1 unspecified atom stereocenters. The number of aromatic nitrogens is 3. The summed E-state index contributed by atoms with van der Waals surface area (Å²) in [6.45, 7) is 4.91. The van der Waals surface area contributed by atoms with Gasteiger partial charge in [-0.15, -0.1) is 0 Å². The number of nitrogens with zero attached hydrogens (tertiary/aromatic N) is 3. The van der Waals surface area contributed by atoms with Crippen LogP contribution in [0.15, 0.2) is 40.7 Å². The monoisotopic (exact) mass is 436 g/mol. The molecule has 4 heterocycles. The van der Waals surface area contributed by atoms with Crippen molar-refractivity contribution in [2.45, 2.75) is 26.8 Å². The minimum atomic E-state index is -1.00. The summed E-state index contributed by atoms with van der Waals surface area (Å²) in [4.78, 5) is 46.4. The summed E-state index contributed by atoms with van der Waals surface area (Å²) in [5, 5.41) is 15.1. The van der Waals surface area contributed by atoms with Crippen LogP contribution < -0.4 is 4.90 Å². The molecule has 0 radical (unpaired) electrons. The number of aryl methyl sites for hydroxylation is 2. The van der Waals surface area contributed by atoms with Crippen LogP contribution in [0.4, 0.5) is 5.82 Å². The first kappa shape index (κ1) is 21.0. The van der Waals surface area contributed by atoms with Gasteiger partial charge >= 0.3 is 11.9 Å². The van der Waals surface area contributed by atoms with E-state index >= 15 is 0 Å². The van der Waals surface area contributed by atoms with Crippen molar-refractivity contribution in [2.75, 3.05) is 12.0 Å². The molecule has 0 aromatic carbocycles. The van der Waals surface area contributed by atoms with Gasteiger partial charge in [0.15, 0.2) is 5.82 Å². The Morgan fingerprint density at radius 3 is 2.62 bits per heavy atom. The second-order valence-electron chi connectivity index (χ2n) is 7.37. The molecule has 10 nitrogen and oxygen atoms in total. The number of carbonyl (C=O) groups excluding carboxylic acids is 3. The third-order valence-electron chi connectivity index (χ3n) is 5.37. The molecule has 1 atom stereocenters. The first-order valence-electron chi connectivity index (χ1n) is 9.68. The highest BCUT2D eigenvalue weighted by molar-refractivity contribution is 6.51. The highest BCUT2D eigenvalue weighted by Gasteiger charge is 2.48. The average Bonchev–Trinajstić information content (AvgIpc) is 3.42. The van der Waals surface area contributed by atoms with Gasteiger partial charge in [0, 0.05) is 24.2 Å². The number of hydrogen-bond donors (Lipinski definition) is 2. The van der Waals surface area contributed by atoms with Crippen molar-refractivity contribution >= 4 is 29.2 Å². The van der Waals surface area contributed by atoms with E-state index in [1.54, 1.807) is 39.1 Å². The van der Waals surface area contributed by atoms with E-state index in [4.69, 9.17) is 9.26 Å². The summed E-state index contributed by atoms with van der Waals surface area (Å²) in [5.74, 6) is -2.23. The summed E-state index contributed by atoms with van der Waals surface area (Å²) in [6.07, 6.45) is 3.05. The predicted octanol–water partition coefficient (Wildman–Crippen LogP) is 2.74. The zero-order valence-corrected chi connectivity index (χ0v) is 17.8. The number of carbonyl (C=O) groups is 3. The van der Waals surface area contributed by atoms with Crippen LogP contribution in [-0.2, 0) is 14.3 Å². The topological polar surface area (TPSA) is 139 Å². The number of H-pyrrole nitrogens is 1. The fourth-order valence-electron chi connectivity index (χ4n) is 3.92. The first-order valence-corrected chi connectivity index (χ1v) is 9.68. The standard InChI is InChI=1S/C22H20N4O6/c1-10-8-14(25-32-10)26-18(13-6-5-7-23-9-13)16(20(28)21(26)29)19(27)17-11(2)15(12(3)24-17)22(30)31-4/h5-9,18,24,27H,1-4H3/b19-16+. The van der Waals surface area contributed by atoms with Crippen molar-refractivity contribution in [3.8, 4) is 0 Å². The fraction of sp³-hybridized carbons (Fsp3) is 0.227. The third kappa shape index (κ3) is 3.16. The molecule has 1 fully saturated rings. The summed E-state index contributed by atoms with van der Waals surface area (Å²) < 4.78 is 9.90. The molecule has 164 valence electrons. The second kappa shape index (κ2) is 7.80. The van der Waals surface area contributed by atoms with Crippen LogP contribution in [0.1, 0.15) is 44.7 Å². The number of hydrogen-bond acceptors (Lipinski definition) is 8. The van der Waals surface area contributed by atoms with Crippen molar-refractivity contribution in [1.82, 2.24) is 15.1 Å². The number of ketones is 1. The molecule has 0 bridgehead atoms. The molecule has 0 saturated carbocycles. The Morgan fingerprint density at radius 1 is 1.28 bits per heavy atom. The Labute approximate surface area is 182 Å². The highest BCUT2D eigenvalue weighted by atomic mass is 16.5. The van der Waals surface area contributed by atoms with Gasteiger partial charge in [-0.2, -0.15) is 0 Å². The molecule has 3 aromatic rings. The van der Waals surface area contributed by atoms with Crippen LogP contribution >= 0.6 is 0 Å². The number of ether oxygens (including phenoxy) is 1. The molecular formula is C22H20N4O6. The zero-order chi connectivity index (χ0) is 23.2. The predicted molar refractivity (Wildman–Crippen MR) is 112 cm³/mol. The van der Waals surface area contributed by atoms with Crippen molar-refractivity contribution in [3.63, 3.8) is 0 Å². The fourth-order valence-corrected chi connectivity index (χ4v) is 3.92. The normalized spacial score (nSPS) is 17.8. The third-order valence-corrected chi connectivity index (χ3v) is 5.37. The number of aliphatic hydroxyl groups is 1. The Morgan fingerprint density at radius 2 is 2.03 bits per heavy atom. The Kier molecular flexibility index (Phi) is 5.13. The van der Waals surface area contributed by atoms with Crippen LogP contribution in [0, 0.1) is 20.8 Å². The van der Waals surface area contributed by atoms with Crippen molar-refractivity contribution < 1.29 is 28.8 Å². The van der Waals surface area contributed by atoms with Crippen LogP contribution in [-0.4, -0.2) is 45.0 Å². The molecule has 1 aliphatic rings. The molecule has 1 amide bonds. The van der Waals surface area contributed by atoms with E-state index in [0.717, 1.165) is 4.90 Å². The molecule has 0 spiro atoms. The minimum Gasteiger partial charge on any atom is -0.505 e. The number of nitrogens with one attached hydrogen (secondary N) is 1. The molecule has 2 N–H and O–H groups in total. The van der Waals surface area contributed by atoms with Crippen LogP contribution in [0.2, 0.25) is 0 Å². The Bertz CT molecular complexity index is 1270. The lowest BCUT2D eigenvalue weighted by Crippen LogP contribution is -2.29. The largest absolute Gasteiger partial charge is 0.505 e. The summed E-state index contributed by atoms with van der Waals surface area (Å²) in [6, 6.07) is 3.86. The van der Waals surface area contributed by atoms with Gasteiger partial charge in [0.05, 0.1) is 30.0 Å². The number of pyridine rings is 1. The van der Waals surface area contributed by atoms with Gasteiger partial charge in [-0.25, -0.2) is 4.79 Å². The van der Waals surface area contributed by atoms with Gasteiger partial charge in [0.1, 0.15) is 11.5 Å². The van der Waals surface area contributed by atoms with E-state index in [9.17, 15) is 19.5 Å². The number of anilines is 1. The van der Waals surface area contributed by atoms with Crippen molar-refractivity contribution in [2.24, 2.45) is 0 Å². The lowest BCUT2D eigenvalue weighted by molar-refractivity contribution is -0.132. The van der Waals surface area contributed by atoms with Gasteiger partial charge in [-0.05, 0) is 38.0 Å². The maximum Gasteiger partial charge on any atom is 0.339 e. The van der Waals surface area contributed by atoms with Crippen LogP contribution in [0.3, 0.4) is 0 Å². The quantitative estimate of drug-likeness (QED) is 0.275. The van der Waals surface area contributed by atoms with Crippen molar-refractivity contribution in [3.05, 3.63) is 70.0 Å². The number of esters is 1. The molecule has 1 saturated heterocycles. The summed E-state index contributed by atoms with van der Waals surface area (Å²) in [5.41, 5.74) is 1.56. The van der Waals surface area contributed by atoms with Gasteiger partial charge < -0.3 is 19.4 Å². The summed E-state index contributed by atoms with van der Waals surface area (Å²) in [7, 11) is 1.25. The van der Waals surface area contributed by atoms with Gasteiger partial charge in [0.25, 0.3) is 5.78 Å². The molecule has 0 aliphatic carbocycles. The smallest absolute Gasteiger partial charge is 0.339 e. The molecule has 1 aliphatic heterocycles. The van der Waals surface area contributed by atoms with Gasteiger partial charge in [-0.1, -0.05) is 11.2 Å². The number of rotatable bonds is 4. The number of amides is 1. The number of Topliss-reactive ketones (excluding diaryl/α,β-unsaturated/α-hetero) is 1. The van der Waals surface area contributed by atoms with E-state index < -0.39 is 29.5 Å². The zero-order valence-electron chi connectivity index (χ0n) is 17.8. The van der Waals surface area contributed by atoms with Gasteiger partial charge in [-0.3, -0.25) is 19.5 Å². The maximum atomic E-state index is 13.1. The van der Waals surface area contributed by atoms with Crippen LogP contribution in [0.5, 0.6) is 0 Å².